The predicted octanol–water partition coefficient (Wildman–Crippen LogP) is 0.311. The molecular formula is C12H20F3N3O3S. The maximum atomic E-state index is 12.3. The quantitative estimate of drug-likeness (QED) is 0.801. The Hall–Kier alpha value is -1.03. The Kier molecular flexibility index (Phi) is 5.21. The molecule has 22 heavy (non-hydrogen) atoms. The molecular weight excluding hydrogens is 323 g/mol. The molecule has 1 unspecified atom stereocenters. The molecule has 2 heterocycles. The van der Waals surface area contributed by atoms with Crippen LogP contribution in [0.15, 0.2) is 0 Å². The minimum Gasteiger partial charge on any atom is -0.338 e. The van der Waals surface area contributed by atoms with Crippen molar-refractivity contribution in [2.75, 3.05) is 50.8 Å². The SMILES string of the molecule is O=C(NCC1CCN(CC(F)(F)F)C1)N1CCS(=O)(=O)CC1. The number of urea groups is 1. The zero-order chi connectivity index (χ0) is 16.4. The van der Waals surface area contributed by atoms with Crippen LogP contribution in [0.1, 0.15) is 6.42 Å². The molecule has 1 N–H and O–H groups in total. The first-order valence-electron chi connectivity index (χ1n) is 7.17. The molecule has 2 fully saturated rings. The van der Waals surface area contributed by atoms with Gasteiger partial charge in [-0.15, -0.1) is 0 Å². The van der Waals surface area contributed by atoms with Crippen molar-refractivity contribution in [1.82, 2.24) is 15.1 Å². The molecule has 2 aliphatic rings. The number of carbonyl (C=O) groups is 1. The summed E-state index contributed by atoms with van der Waals surface area (Å²) in [5, 5.41) is 2.69. The highest BCUT2D eigenvalue weighted by Gasteiger charge is 2.34. The van der Waals surface area contributed by atoms with E-state index in [0.717, 1.165) is 0 Å². The van der Waals surface area contributed by atoms with E-state index in [1.165, 1.54) is 9.80 Å². The zero-order valence-electron chi connectivity index (χ0n) is 12.1. The van der Waals surface area contributed by atoms with Crippen molar-refractivity contribution in [2.45, 2.75) is 12.6 Å². The third kappa shape index (κ3) is 5.31. The molecule has 128 valence electrons. The van der Waals surface area contributed by atoms with Crippen LogP contribution in [0, 0.1) is 5.92 Å². The Bertz CT molecular complexity index is 495. The summed E-state index contributed by atoms with van der Waals surface area (Å²) < 4.78 is 59.4. The van der Waals surface area contributed by atoms with Crippen molar-refractivity contribution < 1.29 is 26.4 Å². The zero-order valence-corrected chi connectivity index (χ0v) is 12.9. The van der Waals surface area contributed by atoms with Gasteiger partial charge in [0, 0.05) is 26.2 Å². The van der Waals surface area contributed by atoms with Gasteiger partial charge in [0.1, 0.15) is 0 Å². The fourth-order valence-corrected chi connectivity index (χ4v) is 3.94. The summed E-state index contributed by atoms with van der Waals surface area (Å²) in [4.78, 5) is 14.7. The standard InChI is InChI=1S/C12H20F3N3O3S/c13-12(14,15)9-17-2-1-10(8-17)7-16-11(19)18-3-5-22(20,21)6-4-18/h10H,1-9H2,(H,16,19). The molecule has 2 amide bonds. The van der Waals surface area contributed by atoms with Crippen molar-refractivity contribution in [3.63, 3.8) is 0 Å². The first-order chi connectivity index (χ1) is 10.1. The Morgan fingerprint density at radius 2 is 1.82 bits per heavy atom. The van der Waals surface area contributed by atoms with Gasteiger partial charge in [-0.1, -0.05) is 0 Å². The first-order valence-corrected chi connectivity index (χ1v) is 8.99. The van der Waals surface area contributed by atoms with E-state index < -0.39 is 22.6 Å². The second-order valence-corrected chi connectivity index (χ2v) is 8.13. The van der Waals surface area contributed by atoms with Gasteiger partial charge < -0.3 is 10.2 Å². The first kappa shape index (κ1) is 17.3. The van der Waals surface area contributed by atoms with E-state index in [4.69, 9.17) is 0 Å². The lowest BCUT2D eigenvalue weighted by atomic mass is 10.1. The van der Waals surface area contributed by atoms with Gasteiger partial charge in [-0.25, -0.2) is 13.2 Å². The molecule has 10 heteroatoms. The molecule has 0 bridgehead atoms. The Balaban J connectivity index is 1.69. The lowest BCUT2D eigenvalue weighted by molar-refractivity contribution is -0.143. The van der Waals surface area contributed by atoms with Crippen molar-refractivity contribution in [3.8, 4) is 0 Å². The van der Waals surface area contributed by atoms with E-state index in [1.807, 2.05) is 0 Å². The molecule has 0 aromatic carbocycles. The Morgan fingerprint density at radius 1 is 1.18 bits per heavy atom. The second-order valence-electron chi connectivity index (χ2n) is 5.83. The van der Waals surface area contributed by atoms with Crippen LogP contribution in [0.25, 0.3) is 0 Å². The number of carbonyl (C=O) groups excluding carboxylic acids is 1. The topological polar surface area (TPSA) is 69.7 Å². The van der Waals surface area contributed by atoms with Gasteiger partial charge >= 0.3 is 12.2 Å². The van der Waals surface area contributed by atoms with Crippen molar-refractivity contribution in [3.05, 3.63) is 0 Å². The largest absolute Gasteiger partial charge is 0.401 e. The number of hydrogen-bond acceptors (Lipinski definition) is 4. The summed E-state index contributed by atoms with van der Waals surface area (Å²) in [5.74, 6) is -0.0771. The molecule has 0 aromatic heterocycles. The number of alkyl halides is 3. The Morgan fingerprint density at radius 3 is 2.41 bits per heavy atom. The maximum absolute atomic E-state index is 12.3. The highest BCUT2D eigenvalue weighted by molar-refractivity contribution is 7.91. The lowest BCUT2D eigenvalue weighted by Gasteiger charge is -2.27. The third-order valence-corrected chi connectivity index (χ3v) is 5.56. The van der Waals surface area contributed by atoms with Gasteiger partial charge in [-0.05, 0) is 18.9 Å². The van der Waals surface area contributed by atoms with Crippen LogP contribution in [0.3, 0.4) is 0 Å². The van der Waals surface area contributed by atoms with E-state index in [0.29, 0.717) is 26.1 Å². The molecule has 2 aliphatic heterocycles. The van der Waals surface area contributed by atoms with Crippen molar-refractivity contribution in [2.24, 2.45) is 5.92 Å². The molecule has 0 saturated carbocycles. The summed E-state index contributed by atoms with van der Waals surface area (Å²) in [7, 11) is -3.04. The molecule has 0 aliphatic carbocycles. The van der Waals surface area contributed by atoms with E-state index in [-0.39, 0.29) is 36.5 Å². The fraction of sp³-hybridized carbons (Fsp3) is 0.917. The van der Waals surface area contributed by atoms with E-state index in [9.17, 15) is 26.4 Å². The van der Waals surface area contributed by atoms with Crippen LogP contribution >= 0.6 is 0 Å². The van der Waals surface area contributed by atoms with Crippen LogP contribution in [-0.2, 0) is 9.84 Å². The van der Waals surface area contributed by atoms with Gasteiger partial charge in [-0.2, -0.15) is 13.2 Å². The molecule has 0 spiro atoms. The van der Waals surface area contributed by atoms with Crippen LogP contribution in [0.5, 0.6) is 0 Å². The summed E-state index contributed by atoms with van der Waals surface area (Å²) in [5.41, 5.74) is 0. The summed E-state index contributed by atoms with van der Waals surface area (Å²) in [6.45, 7) is 0.423. The molecule has 0 aromatic rings. The highest BCUT2D eigenvalue weighted by atomic mass is 32.2. The average Bonchev–Trinajstić information content (AvgIpc) is 2.81. The number of likely N-dealkylation sites (tertiary alicyclic amines) is 1. The van der Waals surface area contributed by atoms with Gasteiger partial charge in [0.25, 0.3) is 0 Å². The number of nitrogens with zero attached hydrogens (tertiary/aromatic N) is 2. The third-order valence-electron chi connectivity index (χ3n) is 3.95. The number of rotatable bonds is 3. The highest BCUT2D eigenvalue weighted by Crippen LogP contribution is 2.22. The van der Waals surface area contributed by atoms with Gasteiger partial charge in [0.05, 0.1) is 18.1 Å². The Labute approximate surface area is 127 Å². The maximum Gasteiger partial charge on any atom is 0.401 e. The molecule has 1 atom stereocenters. The van der Waals surface area contributed by atoms with Crippen LogP contribution in [0.2, 0.25) is 0 Å². The minimum absolute atomic E-state index is 0.000164. The van der Waals surface area contributed by atoms with Crippen LogP contribution in [-0.4, -0.2) is 81.2 Å². The average molecular weight is 343 g/mol. The van der Waals surface area contributed by atoms with Crippen molar-refractivity contribution >= 4 is 15.9 Å². The van der Waals surface area contributed by atoms with E-state index in [1.54, 1.807) is 0 Å². The lowest BCUT2D eigenvalue weighted by Crippen LogP contribution is -2.49. The fourth-order valence-electron chi connectivity index (χ4n) is 2.74. The monoisotopic (exact) mass is 343 g/mol. The van der Waals surface area contributed by atoms with Gasteiger partial charge in [0.15, 0.2) is 9.84 Å². The normalized spacial score (nSPS) is 26.1. The van der Waals surface area contributed by atoms with E-state index >= 15 is 0 Å². The summed E-state index contributed by atoms with van der Waals surface area (Å²) in [6, 6.07) is -0.343. The summed E-state index contributed by atoms with van der Waals surface area (Å²) in [6.07, 6.45) is -3.58. The molecule has 2 saturated heterocycles. The smallest absolute Gasteiger partial charge is 0.338 e. The van der Waals surface area contributed by atoms with Crippen molar-refractivity contribution in [1.29, 1.82) is 0 Å². The van der Waals surface area contributed by atoms with Gasteiger partial charge in [0.2, 0.25) is 0 Å². The molecule has 0 radical (unpaired) electrons. The summed E-state index contributed by atoms with van der Waals surface area (Å²) >= 11 is 0. The van der Waals surface area contributed by atoms with Gasteiger partial charge in [-0.3, -0.25) is 4.90 Å². The molecule has 2 rings (SSSR count). The number of nitrogens with one attached hydrogen (secondary N) is 1. The number of amides is 2. The number of sulfone groups is 1. The number of halogens is 3. The number of hydrogen-bond donors (Lipinski definition) is 1. The second kappa shape index (κ2) is 6.61. The van der Waals surface area contributed by atoms with Crippen LogP contribution < -0.4 is 5.32 Å². The van der Waals surface area contributed by atoms with E-state index in [2.05, 4.69) is 5.32 Å². The van der Waals surface area contributed by atoms with Crippen LogP contribution in [0.4, 0.5) is 18.0 Å². The molecule has 6 nitrogen and oxygen atoms in total. The predicted molar refractivity (Wildman–Crippen MR) is 74.2 cm³/mol. The minimum atomic E-state index is -4.20.